The summed E-state index contributed by atoms with van der Waals surface area (Å²) in [7, 11) is 0. The zero-order valence-corrected chi connectivity index (χ0v) is 30.0. The van der Waals surface area contributed by atoms with Crippen molar-refractivity contribution in [2.24, 2.45) is 0 Å². The number of benzene rings is 3. The summed E-state index contributed by atoms with van der Waals surface area (Å²) in [6.07, 6.45) is 1.78. The second-order valence-corrected chi connectivity index (χ2v) is 14.4. The van der Waals surface area contributed by atoms with Gasteiger partial charge in [-0.2, -0.15) is 4.98 Å². The van der Waals surface area contributed by atoms with Crippen LogP contribution in [-0.4, -0.2) is 61.8 Å². The Kier molecular flexibility index (Phi) is 8.92. The number of rotatable bonds is 11. The highest BCUT2D eigenvalue weighted by Crippen LogP contribution is 2.36. The van der Waals surface area contributed by atoms with Gasteiger partial charge in [-0.15, -0.1) is 0 Å². The van der Waals surface area contributed by atoms with Gasteiger partial charge >= 0.3 is 0 Å². The number of aromatic nitrogens is 3. The molecular weight excluding hydrogens is 688 g/mol. The van der Waals surface area contributed by atoms with Crippen LogP contribution in [0, 0.1) is 6.92 Å². The Hall–Kier alpha value is -6.37. The van der Waals surface area contributed by atoms with Crippen LogP contribution in [0.15, 0.2) is 89.5 Å². The Morgan fingerprint density at radius 2 is 1.57 bits per heavy atom. The maximum atomic E-state index is 13.2. The minimum absolute atomic E-state index is 0.0374. The average molecular weight is 727 g/mol. The van der Waals surface area contributed by atoms with Crippen LogP contribution in [0.4, 0.5) is 5.69 Å². The number of anilines is 1. The van der Waals surface area contributed by atoms with E-state index in [2.05, 4.69) is 63.9 Å². The van der Waals surface area contributed by atoms with Gasteiger partial charge in [0.15, 0.2) is 0 Å². The molecule has 1 saturated carbocycles. The molecule has 3 aliphatic rings. The predicted molar refractivity (Wildman–Crippen MR) is 196 cm³/mol. The molecule has 0 radical (unpaired) electrons. The zero-order valence-electron chi connectivity index (χ0n) is 30.0. The Bertz CT molecular complexity index is 2260. The van der Waals surface area contributed by atoms with Gasteiger partial charge in [-0.25, -0.2) is 4.98 Å². The van der Waals surface area contributed by atoms with Crippen molar-refractivity contribution in [3.05, 3.63) is 119 Å². The van der Waals surface area contributed by atoms with Gasteiger partial charge < -0.3 is 19.3 Å². The number of carbonyl (C=O) groups excluding carboxylic acids is 4. The molecule has 4 amide bonds. The van der Waals surface area contributed by atoms with Crippen molar-refractivity contribution in [2.45, 2.75) is 76.7 Å². The monoisotopic (exact) mass is 726 g/mol. The van der Waals surface area contributed by atoms with Gasteiger partial charge in [0, 0.05) is 43.3 Å². The molecule has 2 aliphatic heterocycles. The molecule has 13 nitrogen and oxygen atoms in total. The highest BCUT2D eigenvalue weighted by atomic mass is 16.5. The third kappa shape index (κ3) is 6.80. The number of pyridine rings is 1. The fraction of sp³-hybridized carbons (Fsp3) is 0.293. The van der Waals surface area contributed by atoms with Crippen LogP contribution in [0.1, 0.15) is 83.0 Å². The largest absolute Gasteiger partial charge is 0.490 e. The van der Waals surface area contributed by atoms with E-state index in [1.807, 2.05) is 42.5 Å². The molecule has 2 fully saturated rings. The van der Waals surface area contributed by atoms with Crippen LogP contribution in [-0.2, 0) is 21.6 Å². The number of hydrogen-bond donors (Lipinski definition) is 2. The lowest BCUT2D eigenvalue weighted by molar-refractivity contribution is -0.136. The standard InChI is InChI=1S/C41H38N6O7/c1-23-42-37(46-54-23)34-6-4-5-27(44-34)22-52-29-12-7-24(8-13-29)41(2,3)25-9-14-30(15-10-25)53-31-19-28(20-31)43-26-11-16-32-33(21-26)40(51)47(39(32)50)35-17-18-36(48)45-38(35)49/h4-16,21,28,31,35,43H,17-20,22H2,1-3H3,(H,45,48,49). The molecule has 54 heavy (non-hydrogen) atoms. The summed E-state index contributed by atoms with van der Waals surface area (Å²) in [5, 5.41) is 9.60. The molecule has 274 valence electrons. The first kappa shape index (κ1) is 34.7. The molecule has 1 saturated heterocycles. The molecule has 13 heteroatoms. The Morgan fingerprint density at radius 3 is 2.26 bits per heavy atom. The van der Waals surface area contributed by atoms with Gasteiger partial charge in [0.1, 0.15) is 35.9 Å². The molecule has 1 atom stereocenters. The number of hydrogen-bond acceptors (Lipinski definition) is 11. The van der Waals surface area contributed by atoms with Crippen molar-refractivity contribution in [1.82, 2.24) is 25.3 Å². The van der Waals surface area contributed by atoms with Crippen molar-refractivity contribution >= 4 is 29.3 Å². The topological polar surface area (TPSA) is 166 Å². The van der Waals surface area contributed by atoms with Crippen LogP contribution in [0.25, 0.3) is 11.5 Å². The quantitative estimate of drug-likeness (QED) is 0.159. The SMILES string of the molecule is Cc1nc(-c2cccc(COc3ccc(C(C)(C)c4ccc(OC5CC(Nc6ccc7c(c6)C(=O)N(C6CCC(=O)NC6=O)C7=O)C5)cc4)cc3)n2)no1. The maximum Gasteiger partial charge on any atom is 0.262 e. The first-order chi connectivity index (χ1) is 26.0. The molecule has 2 aromatic heterocycles. The third-order valence-electron chi connectivity index (χ3n) is 10.3. The van der Waals surface area contributed by atoms with Crippen LogP contribution in [0.3, 0.4) is 0 Å². The van der Waals surface area contributed by atoms with Crippen LogP contribution in [0.5, 0.6) is 11.5 Å². The van der Waals surface area contributed by atoms with E-state index in [1.165, 1.54) is 0 Å². The smallest absolute Gasteiger partial charge is 0.262 e. The number of amides is 4. The fourth-order valence-electron chi connectivity index (χ4n) is 7.10. The summed E-state index contributed by atoms with van der Waals surface area (Å²) in [6, 6.07) is 26.1. The van der Waals surface area contributed by atoms with E-state index in [4.69, 9.17) is 14.0 Å². The van der Waals surface area contributed by atoms with Crippen molar-refractivity contribution in [3.63, 3.8) is 0 Å². The third-order valence-corrected chi connectivity index (χ3v) is 10.3. The Morgan fingerprint density at radius 1 is 0.870 bits per heavy atom. The number of nitrogens with zero attached hydrogens (tertiary/aromatic N) is 4. The number of fused-ring (bicyclic) bond motifs is 1. The lowest BCUT2D eigenvalue weighted by Crippen LogP contribution is -2.54. The van der Waals surface area contributed by atoms with Gasteiger partial charge in [-0.05, 0) is 72.1 Å². The van der Waals surface area contributed by atoms with Gasteiger partial charge in [0.25, 0.3) is 11.8 Å². The summed E-state index contributed by atoms with van der Waals surface area (Å²) >= 11 is 0. The van der Waals surface area contributed by atoms with Gasteiger partial charge in [-0.1, -0.05) is 49.3 Å². The van der Waals surface area contributed by atoms with E-state index in [0.29, 0.717) is 29.7 Å². The molecule has 3 aromatic carbocycles. The summed E-state index contributed by atoms with van der Waals surface area (Å²) in [4.78, 5) is 59.9. The van der Waals surface area contributed by atoms with Crippen molar-refractivity contribution in [3.8, 4) is 23.0 Å². The van der Waals surface area contributed by atoms with E-state index in [9.17, 15) is 19.2 Å². The minimum Gasteiger partial charge on any atom is -0.490 e. The fourth-order valence-corrected chi connectivity index (χ4v) is 7.10. The first-order valence-electron chi connectivity index (χ1n) is 17.9. The lowest BCUT2D eigenvalue weighted by Gasteiger charge is -2.36. The normalized spacial score (nSPS) is 19.6. The van der Waals surface area contributed by atoms with E-state index in [1.54, 1.807) is 25.1 Å². The number of carbonyl (C=O) groups is 4. The summed E-state index contributed by atoms with van der Waals surface area (Å²) in [6.45, 7) is 6.41. The Labute approximate surface area is 311 Å². The minimum atomic E-state index is -0.989. The number of ether oxygens (including phenoxy) is 2. The number of aryl methyl sites for hydroxylation is 1. The molecular formula is C41H38N6O7. The molecule has 5 aromatic rings. The number of piperidine rings is 1. The van der Waals surface area contributed by atoms with E-state index < -0.39 is 29.7 Å². The van der Waals surface area contributed by atoms with Gasteiger partial charge in [0.2, 0.25) is 23.5 Å². The van der Waals surface area contributed by atoms with Gasteiger partial charge in [0.05, 0.1) is 16.8 Å². The second kappa shape index (κ2) is 13.9. The summed E-state index contributed by atoms with van der Waals surface area (Å²) < 4.78 is 17.4. The summed E-state index contributed by atoms with van der Waals surface area (Å²) in [5.74, 6) is 0.399. The molecule has 0 bridgehead atoms. The lowest BCUT2D eigenvalue weighted by atomic mass is 9.78. The molecule has 1 unspecified atom stereocenters. The summed E-state index contributed by atoms with van der Waals surface area (Å²) in [5.41, 5.74) is 4.64. The predicted octanol–water partition coefficient (Wildman–Crippen LogP) is 5.77. The van der Waals surface area contributed by atoms with Crippen molar-refractivity contribution in [1.29, 1.82) is 0 Å². The second-order valence-electron chi connectivity index (χ2n) is 14.4. The van der Waals surface area contributed by atoms with Gasteiger partial charge in [-0.3, -0.25) is 29.4 Å². The number of imide groups is 2. The maximum absolute atomic E-state index is 13.2. The van der Waals surface area contributed by atoms with Crippen LogP contribution < -0.4 is 20.1 Å². The van der Waals surface area contributed by atoms with Crippen LogP contribution >= 0.6 is 0 Å². The highest BCUT2D eigenvalue weighted by Gasteiger charge is 2.45. The van der Waals surface area contributed by atoms with Crippen molar-refractivity contribution in [2.75, 3.05) is 5.32 Å². The van der Waals surface area contributed by atoms with Crippen molar-refractivity contribution < 1.29 is 33.2 Å². The van der Waals surface area contributed by atoms with E-state index >= 15 is 0 Å². The van der Waals surface area contributed by atoms with E-state index in [0.717, 1.165) is 46.1 Å². The molecule has 4 heterocycles. The molecule has 1 aliphatic carbocycles. The van der Waals surface area contributed by atoms with Crippen LogP contribution in [0.2, 0.25) is 0 Å². The average Bonchev–Trinajstić information content (AvgIpc) is 3.70. The zero-order chi connectivity index (χ0) is 37.6. The number of nitrogens with one attached hydrogen (secondary N) is 2. The molecule has 8 rings (SSSR count). The highest BCUT2D eigenvalue weighted by molar-refractivity contribution is 6.23. The molecule has 0 spiro atoms. The van der Waals surface area contributed by atoms with E-state index in [-0.39, 0.29) is 41.5 Å². The molecule has 2 N–H and O–H groups in total. The Balaban J connectivity index is 0.822. The first-order valence-corrected chi connectivity index (χ1v) is 17.9.